The Balaban J connectivity index is 2.87. The second-order valence-corrected chi connectivity index (χ2v) is 3.81. The minimum Gasteiger partial charge on any atom is -0.469 e. The molecule has 104 valence electrons. The predicted molar refractivity (Wildman–Crippen MR) is 64.6 cm³/mol. The molecule has 0 saturated heterocycles. The van der Waals surface area contributed by atoms with Gasteiger partial charge in [-0.1, -0.05) is 6.07 Å². The van der Waals surface area contributed by atoms with E-state index in [0.29, 0.717) is 0 Å². The van der Waals surface area contributed by atoms with Crippen LogP contribution in [0, 0.1) is 11.6 Å². The first kappa shape index (κ1) is 15.1. The fourth-order valence-corrected chi connectivity index (χ4v) is 1.59. The third-order valence-corrected chi connectivity index (χ3v) is 2.66. The van der Waals surface area contributed by atoms with Gasteiger partial charge < -0.3 is 9.64 Å². The maximum Gasteiger partial charge on any atom is 0.307 e. The third kappa shape index (κ3) is 3.74. The van der Waals surface area contributed by atoms with Crippen LogP contribution in [-0.2, 0) is 9.53 Å². The number of benzene rings is 1. The molecule has 1 aromatic rings. The normalized spacial score (nSPS) is 10.1. The summed E-state index contributed by atoms with van der Waals surface area (Å²) in [7, 11) is 1.23. The average molecular weight is 271 g/mol. The lowest BCUT2D eigenvalue weighted by Crippen LogP contribution is -2.34. The van der Waals surface area contributed by atoms with Crippen LogP contribution in [0.2, 0.25) is 0 Å². The summed E-state index contributed by atoms with van der Waals surface area (Å²) in [4.78, 5) is 24.2. The van der Waals surface area contributed by atoms with Crippen LogP contribution in [0.4, 0.5) is 8.78 Å². The molecule has 0 fully saturated rings. The van der Waals surface area contributed by atoms with E-state index in [2.05, 4.69) is 4.74 Å². The van der Waals surface area contributed by atoms with Gasteiger partial charge in [-0.05, 0) is 19.1 Å². The summed E-state index contributed by atoms with van der Waals surface area (Å²) in [6.45, 7) is 1.95. The smallest absolute Gasteiger partial charge is 0.307 e. The number of nitrogens with zero attached hydrogens (tertiary/aromatic N) is 1. The minimum absolute atomic E-state index is 0.0217. The molecule has 1 aromatic carbocycles. The van der Waals surface area contributed by atoms with E-state index < -0.39 is 29.1 Å². The average Bonchev–Trinajstić information content (AvgIpc) is 2.38. The zero-order valence-electron chi connectivity index (χ0n) is 10.8. The van der Waals surface area contributed by atoms with Crippen molar-refractivity contribution in [2.45, 2.75) is 13.3 Å². The molecule has 0 radical (unpaired) electrons. The second kappa shape index (κ2) is 6.82. The Labute approximate surface area is 110 Å². The van der Waals surface area contributed by atoms with E-state index in [0.717, 1.165) is 12.1 Å². The van der Waals surface area contributed by atoms with Gasteiger partial charge >= 0.3 is 5.97 Å². The molecule has 0 aliphatic rings. The van der Waals surface area contributed by atoms with Crippen LogP contribution in [0.1, 0.15) is 23.7 Å². The van der Waals surface area contributed by atoms with E-state index in [1.165, 1.54) is 18.1 Å². The molecule has 1 rings (SSSR count). The van der Waals surface area contributed by atoms with Gasteiger partial charge in [-0.2, -0.15) is 0 Å². The lowest BCUT2D eigenvalue weighted by atomic mass is 10.1. The first-order valence-electron chi connectivity index (χ1n) is 5.81. The molecule has 19 heavy (non-hydrogen) atoms. The number of hydrogen-bond acceptors (Lipinski definition) is 3. The number of rotatable bonds is 5. The fourth-order valence-electron chi connectivity index (χ4n) is 1.59. The highest BCUT2D eigenvalue weighted by Gasteiger charge is 2.22. The number of ether oxygens (including phenoxy) is 1. The molecule has 0 N–H and O–H groups in total. The first-order valence-corrected chi connectivity index (χ1v) is 5.81. The summed E-state index contributed by atoms with van der Waals surface area (Å²) < 4.78 is 31.4. The summed E-state index contributed by atoms with van der Waals surface area (Å²) in [5, 5.41) is 0. The zero-order chi connectivity index (χ0) is 14.4. The Bertz CT molecular complexity index is 457. The largest absolute Gasteiger partial charge is 0.469 e. The van der Waals surface area contributed by atoms with Crippen molar-refractivity contribution in [1.29, 1.82) is 0 Å². The van der Waals surface area contributed by atoms with Gasteiger partial charge in [0.2, 0.25) is 0 Å². The first-order chi connectivity index (χ1) is 9.01. The molecule has 0 spiro atoms. The topological polar surface area (TPSA) is 46.6 Å². The monoisotopic (exact) mass is 271 g/mol. The SMILES string of the molecule is CCN(CCC(=O)OC)C(=O)c1c(F)cccc1F. The van der Waals surface area contributed by atoms with Crippen LogP contribution < -0.4 is 0 Å². The quantitative estimate of drug-likeness (QED) is 0.769. The Hall–Kier alpha value is -1.98. The summed E-state index contributed by atoms with van der Waals surface area (Å²) in [6.07, 6.45) is -0.0217. The van der Waals surface area contributed by atoms with Crippen LogP contribution in [0.3, 0.4) is 0 Å². The lowest BCUT2D eigenvalue weighted by molar-refractivity contribution is -0.140. The van der Waals surface area contributed by atoms with Crippen LogP contribution in [0.5, 0.6) is 0 Å². The highest BCUT2D eigenvalue weighted by molar-refractivity contribution is 5.95. The summed E-state index contributed by atoms with van der Waals surface area (Å²) in [6, 6.07) is 3.22. The number of methoxy groups -OCH3 is 1. The van der Waals surface area contributed by atoms with Crippen molar-refractivity contribution in [1.82, 2.24) is 4.90 Å². The van der Waals surface area contributed by atoms with Crippen LogP contribution in [0.15, 0.2) is 18.2 Å². The van der Waals surface area contributed by atoms with Crippen molar-refractivity contribution in [2.75, 3.05) is 20.2 Å². The third-order valence-electron chi connectivity index (χ3n) is 2.66. The summed E-state index contributed by atoms with van der Waals surface area (Å²) >= 11 is 0. The van der Waals surface area contributed by atoms with Crippen LogP contribution in [0.25, 0.3) is 0 Å². The predicted octanol–water partition coefficient (Wildman–Crippen LogP) is 1.99. The molecule has 0 aromatic heterocycles. The molecule has 0 saturated carbocycles. The van der Waals surface area contributed by atoms with Gasteiger partial charge in [0.05, 0.1) is 13.5 Å². The lowest BCUT2D eigenvalue weighted by Gasteiger charge is -2.20. The number of carbonyl (C=O) groups is 2. The molecule has 0 bridgehead atoms. The van der Waals surface area contributed by atoms with Gasteiger partial charge in [-0.3, -0.25) is 9.59 Å². The number of halogens is 2. The number of hydrogen-bond donors (Lipinski definition) is 0. The molecular weight excluding hydrogens is 256 g/mol. The molecule has 6 heteroatoms. The van der Waals surface area contributed by atoms with E-state index in [9.17, 15) is 18.4 Å². The van der Waals surface area contributed by atoms with Crippen molar-refractivity contribution in [3.8, 4) is 0 Å². The minimum atomic E-state index is -0.915. The van der Waals surface area contributed by atoms with Crippen molar-refractivity contribution in [3.63, 3.8) is 0 Å². The van der Waals surface area contributed by atoms with E-state index in [1.54, 1.807) is 6.92 Å². The van der Waals surface area contributed by atoms with E-state index in [1.807, 2.05) is 0 Å². The molecule has 4 nitrogen and oxygen atoms in total. The zero-order valence-corrected chi connectivity index (χ0v) is 10.8. The van der Waals surface area contributed by atoms with Gasteiger partial charge in [0.1, 0.15) is 17.2 Å². The Morgan fingerprint density at radius 2 is 1.84 bits per heavy atom. The Morgan fingerprint density at radius 1 is 1.26 bits per heavy atom. The van der Waals surface area contributed by atoms with Gasteiger partial charge in [-0.15, -0.1) is 0 Å². The fraction of sp³-hybridized carbons (Fsp3) is 0.385. The summed E-state index contributed by atoms with van der Waals surface area (Å²) in [5.74, 6) is -3.09. The van der Waals surface area contributed by atoms with Gasteiger partial charge in [0.15, 0.2) is 0 Å². The van der Waals surface area contributed by atoms with E-state index in [-0.39, 0.29) is 19.5 Å². The van der Waals surface area contributed by atoms with Crippen molar-refractivity contribution in [3.05, 3.63) is 35.4 Å². The van der Waals surface area contributed by atoms with Crippen molar-refractivity contribution in [2.24, 2.45) is 0 Å². The number of amides is 1. The van der Waals surface area contributed by atoms with Crippen molar-refractivity contribution < 1.29 is 23.1 Å². The molecule has 0 aliphatic carbocycles. The van der Waals surface area contributed by atoms with E-state index in [4.69, 9.17) is 0 Å². The van der Waals surface area contributed by atoms with Gasteiger partial charge in [0.25, 0.3) is 5.91 Å². The Morgan fingerprint density at radius 3 is 2.32 bits per heavy atom. The molecule has 0 heterocycles. The molecule has 1 amide bonds. The van der Waals surface area contributed by atoms with Crippen LogP contribution >= 0.6 is 0 Å². The highest BCUT2D eigenvalue weighted by Crippen LogP contribution is 2.15. The second-order valence-electron chi connectivity index (χ2n) is 3.81. The number of carbonyl (C=O) groups excluding carboxylic acids is 2. The van der Waals surface area contributed by atoms with Gasteiger partial charge in [-0.25, -0.2) is 8.78 Å². The highest BCUT2D eigenvalue weighted by atomic mass is 19.1. The maximum absolute atomic E-state index is 13.5. The maximum atomic E-state index is 13.5. The molecular formula is C13H15F2NO3. The molecule has 0 unspecified atom stereocenters. The van der Waals surface area contributed by atoms with Crippen LogP contribution in [-0.4, -0.2) is 37.0 Å². The van der Waals surface area contributed by atoms with Crippen molar-refractivity contribution >= 4 is 11.9 Å². The van der Waals surface area contributed by atoms with E-state index >= 15 is 0 Å². The molecule has 0 aliphatic heterocycles. The Kier molecular flexibility index (Phi) is 5.41. The standard InChI is InChI=1S/C13H15F2NO3/c1-3-16(8-7-11(17)19-2)13(18)12-9(14)5-4-6-10(12)15/h4-6H,3,7-8H2,1-2H3. The molecule has 0 atom stereocenters. The summed E-state index contributed by atoms with van der Waals surface area (Å²) in [5.41, 5.74) is -0.603. The number of esters is 1. The van der Waals surface area contributed by atoms with Gasteiger partial charge in [0, 0.05) is 13.1 Å².